The third kappa shape index (κ3) is 29.5. The topological polar surface area (TPSA) is 152 Å². The summed E-state index contributed by atoms with van der Waals surface area (Å²) in [6, 6.07) is 0. The van der Waals surface area contributed by atoms with Crippen LogP contribution in [0.5, 0.6) is 0 Å². The van der Waals surface area contributed by atoms with Crippen molar-refractivity contribution in [1.82, 2.24) is 0 Å². The van der Waals surface area contributed by atoms with Gasteiger partial charge >= 0.3 is 11.9 Å². The number of allylic oxidation sites excluding steroid dienone is 8. The minimum atomic E-state index is -1.60. The summed E-state index contributed by atoms with van der Waals surface area (Å²) in [4.78, 5) is 25.3. The SMILES string of the molecule is CCCCC/C=C/C/C=C/C/C=C/CCCCCCC(=O)OC[C@@H](CO[C@H]1O[C@@H](CO)[C@@H](O)C(O)C1O)OC(=O)CCCC/C=C/CCCCCCCCCCC. The molecular formula is C47H82O10. The average Bonchev–Trinajstić information content (AvgIpc) is 3.21. The summed E-state index contributed by atoms with van der Waals surface area (Å²) in [5.41, 5.74) is 0. The fourth-order valence-electron chi connectivity index (χ4n) is 6.54. The van der Waals surface area contributed by atoms with E-state index in [-0.39, 0.29) is 26.1 Å². The van der Waals surface area contributed by atoms with Crippen LogP contribution in [0.3, 0.4) is 0 Å². The number of unbranched alkanes of at least 4 members (excludes halogenated alkanes) is 18. The van der Waals surface area contributed by atoms with E-state index in [1.54, 1.807) is 0 Å². The number of carbonyl (C=O) groups is 2. The first-order valence-electron chi connectivity index (χ1n) is 22.7. The second kappa shape index (κ2) is 37.9. The van der Waals surface area contributed by atoms with Gasteiger partial charge in [-0.15, -0.1) is 0 Å². The van der Waals surface area contributed by atoms with Gasteiger partial charge in [0.1, 0.15) is 31.0 Å². The summed E-state index contributed by atoms with van der Waals surface area (Å²) < 4.78 is 22.1. The van der Waals surface area contributed by atoms with Gasteiger partial charge in [0.15, 0.2) is 12.4 Å². The molecule has 10 nitrogen and oxygen atoms in total. The van der Waals surface area contributed by atoms with E-state index in [9.17, 15) is 30.0 Å². The Hall–Kier alpha value is -2.34. The Morgan fingerprint density at radius 3 is 1.56 bits per heavy atom. The van der Waals surface area contributed by atoms with E-state index in [1.807, 2.05) is 0 Å². The minimum Gasteiger partial charge on any atom is -0.462 e. The Balaban J connectivity index is 2.36. The largest absolute Gasteiger partial charge is 0.462 e. The quantitative estimate of drug-likeness (QED) is 0.0271. The molecule has 0 aliphatic carbocycles. The van der Waals surface area contributed by atoms with Crippen LogP contribution in [0.2, 0.25) is 0 Å². The zero-order valence-corrected chi connectivity index (χ0v) is 35.8. The van der Waals surface area contributed by atoms with E-state index >= 15 is 0 Å². The van der Waals surface area contributed by atoms with Crippen molar-refractivity contribution < 1.29 is 49.0 Å². The van der Waals surface area contributed by atoms with Crippen molar-refractivity contribution in [2.24, 2.45) is 0 Å². The average molecular weight is 807 g/mol. The van der Waals surface area contributed by atoms with Crippen LogP contribution in [0.25, 0.3) is 0 Å². The van der Waals surface area contributed by atoms with Crippen LogP contribution in [0, 0.1) is 0 Å². The van der Waals surface area contributed by atoms with Crippen LogP contribution in [0.1, 0.15) is 181 Å². The molecule has 0 amide bonds. The maximum atomic E-state index is 12.8. The van der Waals surface area contributed by atoms with Crippen LogP contribution in [0.15, 0.2) is 48.6 Å². The van der Waals surface area contributed by atoms with E-state index in [0.717, 1.165) is 57.8 Å². The van der Waals surface area contributed by atoms with Gasteiger partial charge in [-0.25, -0.2) is 0 Å². The Morgan fingerprint density at radius 1 is 0.544 bits per heavy atom. The number of hydrogen-bond acceptors (Lipinski definition) is 10. The van der Waals surface area contributed by atoms with Gasteiger partial charge in [0.25, 0.3) is 0 Å². The van der Waals surface area contributed by atoms with Crippen LogP contribution >= 0.6 is 0 Å². The molecule has 2 unspecified atom stereocenters. The first-order chi connectivity index (χ1) is 27.8. The van der Waals surface area contributed by atoms with Gasteiger partial charge < -0.3 is 39.4 Å². The fraction of sp³-hybridized carbons (Fsp3) is 0.787. The summed E-state index contributed by atoms with van der Waals surface area (Å²) in [5, 5.41) is 40.1. The number of rotatable bonds is 37. The van der Waals surface area contributed by atoms with Crippen molar-refractivity contribution >= 4 is 11.9 Å². The molecule has 1 saturated heterocycles. The van der Waals surface area contributed by atoms with Gasteiger partial charge in [-0.1, -0.05) is 140 Å². The summed E-state index contributed by atoms with van der Waals surface area (Å²) in [7, 11) is 0. The second-order valence-corrected chi connectivity index (χ2v) is 15.5. The molecule has 0 aromatic carbocycles. The highest BCUT2D eigenvalue weighted by molar-refractivity contribution is 5.70. The first kappa shape index (κ1) is 52.7. The Labute approximate surface area is 346 Å². The zero-order chi connectivity index (χ0) is 41.6. The van der Waals surface area contributed by atoms with Gasteiger partial charge in [-0.05, 0) is 77.0 Å². The number of aliphatic hydroxyl groups is 4. The molecule has 0 bridgehead atoms. The van der Waals surface area contributed by atoms with Crippen LogP contribution in [0.4, 0.5) is 0 Å². The van der Waals surface area contributed by atoms with Crippen molar-refractivity contribution in [2.75, 3.05) is 19.8 Å². The highest BCUT2D eigenvalue weighted by Gasteiger charge is 2.44. The Bertz CT molecular complexity index is 1070. The molecule has 0 aromatic rings. The smallest absolute Gasteiger partial charge is 0.306 e. The molecule has 1 aliphatic rings. The molecule has 1 fully saturated rings. The number of aliphatic hydroxyl groups excluding tert-OH is 4. The molecule has 0 saturated carbocycles. The monoisotopic (exact) mass is 807 g/mol. The number of hydrogen-bond donors (Lipinski definition) is 4. The van der Waals surface area contributed by atoms with Gasteiger partial charge in [-0.2, -0.15) is 0 Å². The molecule has 0 radical (unpaired) electrons. The lowest BCUT2D eigenvalue weighted by atomic mass is 9.99. The molecule has 330 valence electrons. The molecule has 1 aliphatic heterocycles. The van der Waals surface area contributed by atoms with E-state index < -0.39 is 55.4 Å². The summed E-state index contributed by atoms with van der Waals surface area (Å²) in [5.74, 6) is -0.858. The summed E-state index contributed by atoms with van der Waals surface area (Å²) in [6.45, 7) is 3.35. The molecule has 0 spiro atoms. The maximum Gasteiger partial charge on any atom is 0.306 e. The zero-order valence-electron chi connectivity index (χ0n) is 35.8. The van der Waals surface area contributed by atoms with Crippen molar-refractivity contribution in [1.29, 1.82) is 0 Å². The molecule has 4 N–H and O–H groups in total. The molecule has 1 rings (SSSR count). The van der Waals surface area contributed by atoms with Gasteiger partial charge in [0.05, 0.1) is 13.2 Å². The summed E-state index contributed by atoms with van der Waals surface area (Å²) in [6.07, 6.45) is 36.9. The molecule has 1 heterocycles. The fourth-order valence-corrected chi connectivity index (χ4v) is 6.54. The van der Waals surface area contributed by atoms with E-state index in [4.69, 9.17) is 18.9 Å². The molecular weight excluding hydrogens is 725 g/mol. The van der Waals surface area contributed by atoms with Crippen LogP contribution in [-0.4, -0.2) is 89.0 Å². The molecule has 6 atom stereocenters. The predicted octanol–water partition coefficient (Wildman–Crippen LogP) is 9.67. The third-order valence-corrected chi connectivity index (χ3v) is 10.2. The van der Waals surface area contributed by atoms with Gasteiger partial charge in [0, 0.05) is 12.8 Å². The third-order valence-electron chi connectivity index (χ3n) is 10.2. The minimum absolute atomic E-state index is 0.194. The van der Waals surface area contributed by atoms with Crippen molar-refractivity contribution in [2.45, 2.75) is 218 Å². The van der Waals surface area contributed by atoms with Crippen LogP contribution < -0.4 is 0 Å². The number of ether oxygens (including phenoxy) is 4. The first-order valence-corrected chi connectivity index (χ1v) is 22.7. The highest BCUT2D eigenvalue weighted by Crippen LogP contribution is 2.22. The lowest BCUT2D eigenvalue weighted by molar-refractivity contribution is -0.305. The van der Waals surface area contributed by atoms with E-state index in [0.29, 0.717) is 12.8 Å². The molecule has 0 aromatic heterocycles. The maximum absolute atomic E-state index is 12.8. The highest BCUT2D eigenvalue weighted by atomic mass is 16.7. The number of esters is 2. The standard InChI is InChI=1S/C47H82O10/c1-3-5-7-9-11-13-15-17-19-20-22-23-25-27-29-31-33-35-42(49)54-38-40(39-55-47-46(53)45(52)44(51)41(37-48)57-47)56-43(50)36-34-32-30-28-26-24-21-18-16-14-12-10-8-6-4-2/h11,13,17,19,22-23,26,28,40-41,44-48,51-53H,3-10,12,14-16,18,20-21,24-25,27,29-39H2,1-2H3/b13-11+,19-17+,23-22+,28-26+/t40-,41-,44+,45?,46?,47-/m0/s1. The van der Waals surface area contributed by atoms with Crippen molar-refractivity contribution in [3.8, 4) is 0 Å². The molecule has 10 heteroatoms. The van der Waals surface area contributed by atoms with Crippen molar-refractivity contribution in [3.05, 3.63) is 48.6 Å². The van der Waals surface area contributed by atoms with Gasteiger partial charge in [-0.3, -0.25) is 9.59 Å². The number of carbonyl (C=O) groups excluding carboxylic acids is 2. The normalized spacial score (nSPS) is 20.7. The van der Waals surface area contributed by atoms with Crippen LogP contribution in [-0.2, 0) is 28.5 Å². The Kier molecular flexibility index (Phi) is 35.0. The lowest BCUT2D eigenvalue weighted by Crippen LogP contribution is -2.59. The van der Waals surface area contributed by atoms with Crippen molar-refractivity contribution in [3.63, 3.8) is 0 Å². The predicted molar refractivity (Wildman–Crippen MR) is 229 cm³/mol. The van der Waals surface area contributed by atoms with Gasteiger partial charge in [0.2, 0.25) is 0 Å². The van der Waals surface area contributed by atoms with E-state index in [2.05, 4.69) is 62.5 Å². The summed E-state index contributed by atoms with van der Waals surface area (Å²) >= 11 is 0. The lowest BCUT2D eigenvalue weighted by Gasteiger charge is -2.39. The molecule has 57 heavy (non-hydrogen) atoms. The van der Waals surface area contributed by atoms with E-state index in [1.165, 1.54) is 83.5 Å². The second-order valence-electron chi connectivity index (χ2n) is 15.5. The Morgan fingerprint density at radius 2 is 0.982 bits per heavy atom.